The second-order valence-electron chi connectivity index (χ2n) is 6.53. The van der Waals surface area contributed by atoms with Crippen LogP contribution >= 0.6 is 11.8 Å². The molecule has 0 saturated heterocycles. The molecular weight excluding hydrogens is 386 g/mol. The zero-order chi connectivity index (χ0) is 20.8. The van der Waals surface area contributed by atoms with E-state index in [4.69, 9.17) is 4.74 Å². The van der Waals surface area contributed by atoms with Crippen LogP contribution in [0.1, 0.15) is 28.4 Å². The van der Waals surface area contributed by atoms with E-state index in [-0.39, 0.29) is 17.6 Å². The number of fused-ring (bicyclic) bond motifs is 1. The average molecular weight is 410 g/mol. The van der Waals surface area contributed by atoms with Crippen molar-refractivity contribution in [1.82, 2.24) is 15.8 Å². The number of hydrazine groups is 1. The molecule has 6 nitrogen and oxygen atoms in total. The first-order valence-corrected chi connectivity index (χ1v) is 10.2. The fourth-order valence-corrected chi connectivity index (χ4v) is 3.73. The molecule has 0 saturated carbocycles. The third kappa shape index (κ3) is 5.26. The third-order valence-corrected chi connectivity index (χ3v) is 5.41. The lowest BCUT2D eigenvalue weighted by Gasteiger charge is -2.11. The van der Waals surface area contributed by atoms with Gasteiger partial charge < -0.3 is 4.74 Å². The van der Waals surface area contributed by atoms with Crippen molar-refractivity contribution in [2.75, 3.05) is 12.9 Å². The smallest absolute Gasteiger partial charge is 0.269 e. The molecule has 3 rings (SSSR count). The van der Waals surface area contributed by atoms with Gasteiger partial charge in [-0.2, -0.15) is 0 Å². The van der Waals surface area contributed by atoms with Crippen LogP contribution in [0.2, 0.25) is 0 Å². The van der Waals surface area contributed by atoms with Gasteiger partial charge in [-0.25, -0.2) is 4.98 Å². The maximum Gasteiger partial charge on any atom is 0.269 e. The first-order chi connectivity index (χ1) is 14.0. The zero-order valence-electron chi connectivity index (χ0n) is 16.6. The van der Waals surface area contributed by atoms with Gasteiger partial charge in [0.25, 0.3) is 5.91 Å². The topological polar surface area (TPSA) is 80.3 Å². The zero-order valence-corrected chi connectivity index (χ0v) is 17.4. The average Bonchev–Trinajstić information content (AvgIpc) is 2.74. The molecule has 0 bridgehead atoms. The summed E-state index contributed by atoms with van der Waals surface area (Å²) >= 11 is 1.35. The number of rotatable bonds is 6. The number of carbonyl (C=O) groups excluding carboxylic acids is 2. The van der Waals surface area contributed by atoms with E-state index in [9.17, 15) is 9.59 Å². The number of pyridine rings is 1. The van der Waals surface area contributed by atoms with Crippen molar-refractivity contribution in [3.05, 3.63) is 65.2 Å². The van der Waals surface area contributed by atoms with Crippen molar-refractivity contribution in [3.8, 4) is 5.75 Å². The number of aryl methyl sites for hydroxylation is 2. The molecule has 29 heavy (non-hydrogen) atoms. The van der Waals surface area contributed by atoms with E-state index in [0.29, 0.717) is 5.56 Å². The third-order valence-electron chi connectivity index (χ3n) is 4.38. The highest BCUT2D eigenvalue weighted by Gasteiger charge is 2.11. The van der Waals surface area contributed by atoms with Gasteiger partial charge in [0, 0.05) is 10.9 Å². The molecule has 0 aliphatic carbocycles. The van der Waals surface area contributed by atoms with Crippen LogP contribution < -0.4 is 15.6 Å². The Morgan fingerprint density at radius 3 is 2.66 bits per heavy atom. The summed E-state index contributed by atoms with van der Waals surface area (Å²) in [5, 5.41) is 1.81. The summed E-state index contributed by atoms with van der Waals surface area (Å²) in [6.45, 7) is 3.96. The Balaban J connectivity index is 1.62. The van der Waals surface area contributed by atoms with E-state index in [1.807, 2.05) is 31.2 Å². The van der Waals surface area contributed by atoms with E-state index in [1.54, 1.807) is 25.3 Å². The van der Waals surface area contributed by atoms with Gasteiger partial charge in [0.2, 0.25) is 5.91 Å². The normalized spacial score (nSPS) is 10.6. The number of nitrogens with one attached hydrogen (secondary N) is 2. The fourth-order valence-electron chi connectivity index (χ4n) is 2.84. The first kappa shape index (κ1) is 20.7. The lowest BCUT2D eigenvalue weighted by atomic mass is 10.1. The molecule has 0 fully saturated rings. The molecular formula is C22H23N3O3S. The van der Waals surface area contributed by atoms with Crippen LogP contribution in [0, 0.1) is 6.92 Å². The minimum absolute atomic E-state index is 0.149. The standard InChI is InChI=1S/C22H23N3O3S/c1-4-15-11-17-12-18(28-3)8-9-19(17)23-22(15)29-13-20(26)24-25-21(27)16-7-5-6-14(2)10-16/h5-12H,4,13H2,1-3H3,(H,24,26)(H,25,27). The quantitative estimate of drug-likeness (QED) is 0.480. The molecule has 1 heterocycles. The minimum Gasteiger partial charge on any atom is -0.497 e. The highest BCUT2D eigenvalue weighted by molar-refractivity contribution is 7.99. The van der Waals surface area contributed by atoms with Crippen LogP contribution in [0.5, 0.6) is 5.75 Å². The van der Waals surface area contributed by atoms with Gasteiger partial charge >= 0.3 is 0 Å². The molecule has 0 aliphatic rings. The number of amides is 2. The monoisotopic (exact) mass is 409 g/mol. The lowest BCUT2D eigenvalue weighted by Crippen LogP contribution is -2.42. The van der Waals surface area contributed by atoms with Gasteiger partial charge in [0.15, 0.2) is 0 Å². The number of hydrogen-bond acceptors (Lipinski definition) is 5. The predicted molar refractivity (Wildman–Crippen MR) is 115 cm³/mol. The van der Waals surface area contributed by atoms with Crippen LogP contribution in [-0.4, -0.2) is 29.7 Å². The van der Waals surface area contributed by atoms with E-state index in [0.717, 1.165) is 39.2 Å². The van der Waals surface area contributed by atoms with E-state index in [1.165, 1.54) is 11.8 Å². The molecule has 2 aromatic carbocycles. The molecule has 1 aromatic heterocycles. The fraction of sp³-hybridized carbons (Fsp3) is 0.227. The van der Waals surface area contributed by atoms with E-state index in [2.05, 4.69) is 28.8 Å². The number of benzene rings is 2. The van der Waals surface area contributed by atoms with E-state index < -0.39 is 0 Å². The van der Waals surface area contributed by atoms with Crippen molar-refractivity contribution in [1.29, 1.82) is 0 Å². The number of methoxy groups -OCH3 is 1. The highest BCUT2D eigenvalue weighted by Crippen LogP contribution is 2.27. The highest BCUT2D eigenvalue weighted by atomic mass is 32.2. The summed E-state index contributed by atoms with van der Waals surface area (Å²) in [5.74, 6) is 0.287. The number of hydrogen-bond donors (Lipinski definition) is 2. The maximum atomic E-state index is 12.2. The molecule has 2 amide bonds. The summed E-state index contributed by atoms with van der Waals surface area (Å²) in [7, 11) is 1.63. The second-order valence-corrected chi connectivity index (χ2v) is 7.49. The molecule has 3 aromatic rings. The van der Waals surface area contributed by atoms with Crippen molar-refractivity contribution >= 4 is 34.5 Å². The number of aromatic nitrogens is 1. The van der Waals surface area contributed by atoms with Crippen molar-refractivity contribution in [2.45, 2.75) is 25.3 Å². The molecule has 0 unspecified atom stereocenters. The summed E-state index contributed by atoms with van der Waals surface area (Å²) in [4.78, 5) is 29.0. The van der Waals surface area contributed by atoms with Gasteiger partial charge in [-0.3, -0.25) is 20.4 Å². The number of thioether (sulfide) groups is 1. The lowest BCUT2D eigenvalue weighted by molar-refractivity contribution is -0.119. The Morgan fingerprint density at radius 2 is 1.93 bits per heavy atom. The Bertz CT molecular complexity index is 1050. The number of nitrogens with zero attached hydrogens (tertiary/aromatic N) is 1. The molecule has 7 heteroatoms. The van der Waals surface area contributed by atoms with Gasteiger partial charge in [-0.15, -0.1) is 0 Å². The summed E-state index contributed by atoms with van der Waals surface area (Å²) in [6, 6.07) is 15.0. The minimum atomic E-state index is -0.348. The Hall–Kier alpha value is -3.06. The van der Waals surface area contributed by atoms with Crippen molar-refractivity contribution in [2.24, 2.45) is 0 Å². The molecule has 150 valence electrons. The van der Waals surface area contributed by atoms with E-state index >= 15 is 0 Å². The Kier molecular flexibility index (Phi) is 6.72. The molecule has 2 N–H and O–H groups in total. The van der Waals surface area contributed by atoms with Crippen LogP contribution in [0.3, 0.4) is 0 Å². The van der Waals surface area contributed by atoms with Crippen molar-refractivity contribution in [3.63, 3.8) is 0 Å². The van der Waals surface area contributed by atoms with Crippen LogP contribution in [0.15, 0.2) is 53.6 Å². The SMILES string of the molecule is CCc1cc2cc(OC)ccc2nc1SCC(=O)NNC(=O)c1cccc(C)c1. The van der Waals surface area contributed by atoms with Gasteiger partial charge in [-0.1, -0.05) is 36.4 Å². The molecule has 0 aliphatic heterocycles. The second kappa shape index (κ2) is 9.43. The number of carbonyl (C=O) groups is 2. The van der Waals surface area contributed by atoms with Gasteiger partial charge in [0.05, 0.1) is 18.4 Å². The summed E-state index contributed by atoms with van der Waals surface area (Å²) < 4.78 is 5.27. The molecule has 0 atom stereocenters. The van der Waals surface area contributed by atoms with Crippen LogP contribution in [-0.2, 0) is 11.2 Å². The molecule has 0 radical (unpaired) electrons. The van der Waals surface area contributed by atoms with Gasteiger partial charge in [0.1, 0.15) is 10.8 Å². The summed E-state index contributed by atoms with van der Waals surface area (Å²) in [6.07, 6.45) is 0.800. The first-order valence-electron chi connectivity index (χ1n) is 9.26. The number of ether oxygens (including phenoxy) is 1. The van der Waals surface area contributed by atoms with Crippen LogP contribution in [0.25, 0.3) is 10.9 Å². The largest absolute Gasteiger partial charge is 0.497 e. The molecule has 0 spiro atoms. The van der Waals surface area contributed by atoms with Crippen molar-refractivity contribution < 1.29 is 14.3 Å². The summed E-state index contributed by atoms with van der Waals surface area (Å²) in [5.41, 5.74) is 8.29. The van der Waals surface area contributed by atoms with Gasteiger partial charge in [-0.05, 0) is 55.3 Å². The van der Waals surface area contributed by atoms with Crippen LogP contribution in [0.4, 0.5) is 0 Å². The Labute approximate surface area is 174 Å². The maximum absolute atomic E-state index is 12.2. The predicted octanol–water partition coefficient (Wildman–Crippen LogP) is 3.67. The Morgan fingerprint density at radius 1 is 1.10 bits per heavy atom.